The van der Waals surface area contributed by atoms with Gasteiger partial charge in [-0.25, -0.2) is 4.98 Å². The molecule has 10 aromatic rings. The second kappa shape index (κ2) is 18.5. The molecule has 0 bridgehead atoms. The predicted molar refractivity (Wildman–Crippen MR) is 276 cm³/mol. The van der Waals surface area contributed by atoms with Crippen LogP contribution in [0.5, 0.6) is 11.5 Å². The maximum Gasteiger partial charge on any atom is 0.268 e. The number of hydrogen-bond acceptors (Lipinski definition) is 2. The molecule has 344 valence electrons. The molecule has 0 saturated heterocycles. The van der Waals surface area contributed by atoms with Gasteiger partial charge in [-0.05, 0) is 110 Å². The molecule has 7 aromatic carbocycles. The summed E-state index contributed by atoms with van der Waals surface area (Å²) < 4.78 is 13.3. The van der Waals surface area contributed by atoms with E-state index in [1.165, 1.54) is 22.3 Å². The standard InChI is InChI=1S/C62H58N4O.Pt/c1-10-42(11-2)44-32-33-63-58(36-44)66-55-28-16-15-25-53(55)54-31-30-50(39-57(54)66)67-49-24-18-23-48(38-49)64-40-65(59-41(3)20-17-29-56(59)64)60-51(43-21-13-12-14-22-43)26-19-27-52(60)45-34-46(61(4,5)6)37-47(35-45)62(7,8)9;/h12-37,42H,10-11H2,1-9H3;/q-2;. The molecule has 0 atom stereocenters. The third kappa shape index (κ3) is 8.63. The summed E-state index contributed by atoms with van der Waals surface area (Å²) in [5.74, 6) is 2.53. The van der Waals surface area contributed by atoms with Crippen LogP contribution in [0.4, 0.5) is 0 Å². The number of aryl methyl sites for hydroxylation is 1. The normalized spacial score (nSPS) is 12.0. The van der Waals surface area contributed by atoms with E-state index in [1.807, 2.05) is 24.4 Å². The summed E-state index contributed by atoms with van der Waals surface area (Å²) in [7, 11) is 0. The zero-order valence-corrected chi connectivity index (χ0v) is 42.8. The fraction of sp³-hybridized carbons (Fsp3) is 0.226. The fourth-order valence-corrected chi connectivity index (χ4v) is 9.67. The second-order valence-corrected chi connectivity index (χ2v) is 20.0. The number of ether oxygens (including phenoxy) is 1. The summed E-state index contributed by atoms with van der Waals surface area (Å²) in [6, 6.07) is 61.5. The molecule has 0 aliphatic carbocycles. The van der Waals surface area contributed by atoms with Crippen molar-refractivity contribution in [2.75, 3.05) is 0 Å². The summed E-state index contributed by atoms with van der Waals surface area (Å²) in [5, 5.41) is 2.24. The van der Waals surface area contributed by atoms with E-state index in [0.29, 0.717) is 17.4 Å². The fourth-order valence-electron chi connectivity index (χ4n) is 9.67. The first-order chi connectivity index (χ1) is 32.3. The van der Waals surface area contributed by atoms with Gasteiger partial charge in [0, 0.05) is 44.3 Å². The van der Waals surface area contributed by atoms with E-state index in [1.54, 1.807) is 0 Å². The van der Waals surface area contributed by atoms with E-state index >= 15 is 0 Å². The number of nitrogens with zero attached hydrogens (tertiary/aromatic N) is 4. The predicted octanol–water partition coefficient (Wildman–Crippen LogP) is 15.7. The van der Waals surface area contributed by atoms with Crippen LogP contribution in [-0.2, 0) is 31.9 Å². The minimum absolute atomic E-state index is 0. The summed E-state index contributed by atoms with van der Waals surface area (Å²) in [6.07, 6.45) is 7.97. The SMILES string of the molecule is CCC(CC)c1ccnc(-n2c3[c-]c(Oc4[c-]c(-n5[c-][n+](-c6c(-c7ccccc7)cccc6-c6cc(C(C)(C)C)cc(C(C)(C)C)c6)c6c(C)cccc65)ccc4)ccc3c3ccccc32)c1.[Pt]. The van der Waals surface area contributed by atoms with Gasteiger partial charge in [-0.1, -0.05) is 164 Å². The van der Waals surface area contributed by atoms with Gasteiger partial charge >= 0.3 is 0 Å². The summed E-state index contributed by atoms with van der Waals surface area (Å²) in [4.78, 5) is 4.91. The Balaban J connectivity index is 0.00000578. The van der Waals surface area contributed by atoms with Crippen LogP contribution in [0.25, 0.3) is 72.3 Å². The average molecular weight is 1070 g/mol. The molecule has 6 heteroatoms. The molecule has 0 aliphatic heterocycles. The van der Waals surface area contributed by atoms with E-state index in [9.17, 15) is 0 Å². The molecule has 0 unspecified atom stereocenters. The van der Waals surface area contributed by atoms with Crippen LogP contribution in [0.3, 0.4) is 0 Å². The van der Waals surface area contributed by atoms with E-state index < -0.39 is 0 Å². The van der Waals surface area contributed by atoms with Crippen LogP contribution < -0.4 is 9.30 Å². The van der Waals surface area contributed by atoms with E-state index in [4.69, 9.17) is 9.72 Å². The van der Waals surface area contributed by atoms with Crippen LogP contribution in [0.2, 0.25) is 0 Å². The molecule has 68 heavy (non-hydrogen) atoms. The van der Waals surface area contributed by atoms with Crippen LogP contribution in [0, 0.1) is 25.4 Å². The molecule has 0 amide bonds. The number of benzene rings is 7. The number of para-hydroxylation sites is 3. The molecule has 0 radical (unpaired) electrons. The van der Waals surface area contributed by atoms with Gasteiger partial charge in [0.15, 0.2) is 0 Å². The molecule has 0 saturated carbocycles. The van der Waals surface area contributed by atoms with Gasteiger partial charge in [0.2, 0.25) is 0 Å². The Morgan fingerprint density at radius 3 is 1.99 bits per heavy atom. The van der Waals surface area contributed by atoms with Crippen molar-refractivity contribution >= 4 is 32.8 Å². The van der Waals surface area contributed by atoms with E-state index in [0.717, 1.165) is 85.1 Å². The molecule has 0 N–H and O–H groups in total. The summed E-state index contributed by atoms with van der Waals surface area (Å²) >= 11 is 0. The minimum Gasteiger partial charge on any atom is -0.510 e. The third-order valence-electron chi connectivity index (χ3n) is 13.4. The molecule has 5 nitrogen and oxygen atoms in total. The quantitative estimate of drug-likeness (QED) is 0.101. The Morgan fingerprint density at radius 1 is 0.618 bits per heavy atom. The van der Waals surface area contributed by atoms with Crippen LogP contribution in [0.15, 0.2) is 158 Å². The van der Waals surface area contributed by atoms with Gasteiger partial charge in [-0.2, -0.15) is 18.2 Å². The van der Waals surface area contributed by atoms with Crippen molar-refractivity contribution in [3.8, 4) is 50.9 Å². The molecule has 3 aromatic heterocycles. The van der Waals surface area contributed by atoms with E-state index in [2.05, 4.69) is 228 Å². The van der Waals surface area contributed by atoms with Crippen molar-refractivity contribution in [2.24, 2.45) is 0 Å². The van der Waals surface area contributed by atoms with Crippen molar-refractivity contribution in [1.29, 1.82) is 0 Å². The minimum atomic E-state index is -0.0419. The Morgan fingerprint density at radius 2 is 1.26 bits per heavy atom. The molecule has 3 heterocycles. The molecular weight excluding hydrogens is 1010 g/mol. The maximum atomic E-state index is 6.71. The number of aromatic nitrogens is 4. The molecule has 0 fully saturated rings. The third-order valence-corrected chi connectivity index (χ3v) is 13.4. The Labute approximate surface area is 416 Å². The zero-order valence-electron chi connectivity index (χ0n) is 40.5. The van der Waals surface area contributed by atoms with Crippen LogP contribution in [0.1, 0.15) is 96.4 Å². The van der Waals surface area contributed by atoms with Crippen molar-refractivity contribution in [1.82, 2.24) is 14.1 Å². The summed E-state index contributed by atoms with van der Waals surface area (Å²) in [5.41, 5.74) is 15.6. The first-order valence-corrected chi connectivity index (χ1v) is 23.7. The number of hydrogen-bond donors (Lipinski definition) is 0. The van der Waals surface area contributed by atoms with Gasteiger partial charge in [0.25, 0.3) is 6.33 Å². The number of fused-ring (bicyclic) bond motifs is 4. The zero-order chi connectivity index (χ0) is 46.6. The van der Waals surface area contributed by atoms with Crippen molar-refractivity contribution in [3.05, 3.63) is 199 Å². The van der Waals surface area contributed by atoms with Gasteiger partial charge in [0.1, 0.15) is 5.82 Å². The van der Waals surface area contributed by atoms with Crippen molar-refractivity contribution in [3.63, 3.8) is 0 Å². The van der Waals surface area contributed by atoms with Crippen LogP contribution >= 0.6 is 0 Å². The van der Waals surface area contributed by atoms with Gasteiger partial charge in [0.05, 0.1) is 16.7 Å². The van der Waals surface area contributed by atoms with Crippen molar-refractivity contribution < 1.29 is 30.4 Å². The van der Waals surface area contributed by atoms with E-state index in [-0.39, 0.29) is 31.9 Å². The summed E-state index contributed by atoms with van der Waals surface area (Å²) in [6.45, 7) is 20.5. The number of pyridine rings is 1. The first-order valence-electron chi connectivity index (χ1n) is 23.7. The Hall–Kier alpha value is -6.55. The van der Waals surface area contributed by atoms with Crippen molar-refractivity contribution in [2.45, 2.75) is 91.9 Å². The Bertz CT molecular complexity index is 3420. The average Bonchev–Trinajstić information content (AvgIpc) is 3.88. The molecule has 10 rings (SSSR count). The van der Waals surface area contributed by atoms with Gasteiger partial charge in [-0.3, -0.25) is 4.57 Å². The number of imidazole rings is 1. The monoisotopic (exact) mass is 1070 g/mol. The topological polar surface area (TPSA) is 35.9 Å². The smallest absolute Gasteiger partial charge is 0.268 e. The van der Waals surface area contributed by atoms with Crippen LogP contribution in [-0.4, -0.2) is 14.1 Å². The van der Waals surface area contributed by atoms with Gasteiger partial charge in [-0.15, -0.1) is 29.7 Å². The number of rotatable bonds is 10. The second-order valence-electron chi connectivity index (χ2n) is 20.0. The largest absolute Gasteiger partial charge is 0.510 e. The Kier molecular flexibility index (Phi) is 12.7. The first kappa shape index (κ1) is 46.6. The molecule has 0 aliphatic rings. The van der Waals surface area contributed by atoms with Gasteiger partial charge < -0.3 is 13.9 Å². The maximum absolute atomic E-state index is 6.71. The molecule has 0 spiro atoms. The molecular formula is C62H58N4OPt-2.